The van der Waals surface area contributed by atoms with E-state index in [1.165, 1.54) is 6.07 Å². The number of benzene rings is 1. The number of nitrogens with zero attached hydrogens (tertiary/aromatic N) is 1. The Morgan fingerprint density at radius 3 is 2.32 bits per heavy atom. The molecule has 2 fully saturated rings. The van der Waals surface area contributed by atoms with Crippen LogP contribution in [-0.2, 0) is 23.8 Å². The van der Waals surface area contributed by atoms with Crippen molar-refractivity contribution in [2.24, 2.45) is 17.3 Å². The Bertz CT molecular complexity index is 917. The molecule has 2 unspecified atom stereocenters. The Labute approximate surface area is 225 Å². The van der Waals surface area contributed by atoms with Crippen LogP contribution in [0.2, 0.25) is 0 Å². The normalized spacial score (nSPS) is 24.8. The van der Waals surface area contributed by atoms with Crippen molar-refractivity contribution >= 4 is 17.6 Å². The fourth-order valence-electron chi connectivity index (χ4n) is 4.42. The molecular weight excluding hydrogens is 494 g/mol. The van der Waals surface area contributed by atoms with Crippen molar-refractivity contribution in [1.82, 2.24) is 10.6 Å². The summed E-state index contributed by atoms with van der Waals surface area (Å²) in [6, 6.07) is 5.66. The van der Waals surface area contributed by atoms with E-state index in [1.54, 1.807) is 32.3 Å². The van der Waals surface area contributed by atoms with Crippen molar-refractivity contribution in [1.29, 1.82) is 0 Å². The highest BCUT2D eigenvalue weighted by atomic mass is 16.7. The molecule has 1 amide bonds. The largest absolute Gasteiger partial charge is 0.477 e. The summed E-state index contributed by atoms with van der Waals surface area (Å²) in [5, 5.41) is 27.1. The van der Waals surface area contributed by atoms with Crippen LogP contribution in [0.1, 0.15) is 66.1 Å². The summed E-state index contributed by atoms with van der Waals surface area (Å²) in [5.41, 5.74) is -0.399. The van der Waals surface area contributed by atoms with Gasteiger partial charge in [-0.1, -0.05) is 53.7 Å². The summed E-state index contributed by atoms with van der Waals surface area (Å²) >= 11 is 0. The van der Waals surface area contributed by atoms with Gasteiger partial charge in [0.2, 0.25) is 5.91 Å². The first-order valence-electron chi connectivity index (χ1n) is 13.1. The van der Waals surface area contributed by atoms with Crippen molar-refractivity contribution < 1.29 is 33.8 Å². The van der Waals surface area contributed by atoms with Crippen LogP contribution in [0.3, 0.4) is 0 Å². The van der Waals surface area contributed by atoms with Gasteiger partial charge in [0.15, 0.2) is 0 Å². The van der Waals surface area contributed by atoms with E-state index in [-0.39, 0.29) is 30.0 Å². The Morgan fingerprint density at radius 2 is 1.84 bits per heavy atom. The van der Waals surface area contributed by atoms with E-state index in [1.807, 2.05) is 41.5 Å². The van der Waals surface area contributed by atoms with E-state index in [4.69, 9.17) is 14.2 Å². The molecule has 1 aromatic rings. The van der Waals surface area contributed by atoms with E-state index in [0.717, 1.165) is 13.0 Å². The van der Waals surface area contributed by atoms with Crippen molar-refractivity contribution in [3.8, 4) is 0 Å². The van der Waals surface area contributed by atoms with Gasteiger partial charge in [0.05, 0.1) is 35.7 Å². The third kappa shape index (κ3) is 8.20. The van der Waals surface area contributed by atoms with Crippen LogP contribution in [0.5, 0.6) is 0 Å². The molecule has 2 aliphatic heterocycles. The maximum atomic E-state index is 12.2. The molecule has 216 valence electrons. The van der Waals surface area contributed by atoms with Crippen LogP contribution in [0, 0.1) is 27.4 Å². The second-order valence-corrected chi connectivity index (χ2v) is 10.2. The van der Waals surface area contributed by atoms with Gasteiger partial charge in [-0.3, -0.25) is 14.9 Å². The van der Waals surface area contributed by atoms with Gasteiger partial charge in [-0.2, -0.15) is 0 Å². The van der Waals surface area contributed by atoms with Gasteiger partial charge >= 0.3 is 5.97 Å². The van der Waals surface area contributed by atoms with Gasteiger partial charge in [-0.15, -0.1) is 0 Å². The zero-order valence-electron chi connectivity index (χ0n) is 23.9. The van der Waals surface area contributed by atoms with E-state index in [0.29, 0.717) is 18.6 Å². The zero-order valence-corrected chi connectivity index (χ0v) is 23.9. The minimum atomic E-state index is -1.93. The topological polar surface area (TPSA) is 149 Å². The first-order valence-corrected chi connectivity index (χ1v) is 13.1. The van der Waals surface area contributed by atoms with Gasteiger partial charge < -0.3 is 30.0 Å². The summed E-state index contributed by atoms with van der Waals surface area (Å²) in [7, 11) is 3.31. The van der Waals surface area contributed by atoms with Gasteiger partial charge in [0.1, 0.15) is 6.10 Å². The number of rotatable bonds is 8. The molecule has 2 heterocycles. The second-order valence-electron chi connectivity index (χ2n) is 10.2. The number of nitrogens with one attached hydrogen (secondary N) is 2. The van der Waals surface area contributed by atoms with Crippen LogP contribution in [0.4, 0.5) is 5.69 Å². The van der Waals surface area contributed by atoms with Gasteiger partial charge in [0, 0.05) is 25.1 Å². The number of hydrogen-bond acceptors (Lipinski definition) is 8. The van der Waals surface area contributed by atoms with Gasteiger partial charge in [-0.25, -0.2) is 4.79 Å². The van der Waals surface area contributed by atoms with E-state index in [9.17, 15) is 24.8 Å². The number of carboxylic acid groups (broad SMARTS) is 1. The van der Waals surface area contributed by atoms with Crippen LogP contribution >= 0.6 is 0 Å². The van der Waals surface area contributed by atoms with Crippen molar-refractivity contribution in [2.45, 2.75) is 72.3 Å². The molecule has 38 heavy (non-hydrogen) atoms. The minimum absolute atomic E-state index is 0.0896. The number of nitro benzene ring substituents is 1. The molecule has 1 aromatic carbocycles. The molecule has 2 aliphatic rings. The average molecular weight is 540 g/mol. The fraction of sp³-hybridized carbons (Fsp3) is 0.704. The molecule has 0 spiro atoms. The number of aliphatic carboxylic acids is 1. The molecule has 0 saturated carbocycles. The quantitative estimate of drug-likeness (QED) is 0.330. The number of hydrogen-bond donors (Lipinski definition) is 3. The SMILES string of the molecule is CC.CNC(=O)[C@@H]1CCOC1.CN[C@@H](CC(C)C)C1(C(=O)O)OCC(C)(C)C(c2ccccc2[N+](=O)[O-])O1. The minimum Gasteiger partial charge on any atom is -0.477 e. The number of carbonyl (C=O) groups is 2. The third-order valence-corrected chi connectivity index (χ3v) is 6.44. The number of carboxylic acids is 1. The highest BCUT2D eigenvalue weighted by molar-refractivity contribution is 5.78. The number of para-hydroxylation sites is 1. The molecule has 2 saturated heterocycles. The Morgan fingerprint density at radius 1 is 1.21 bits per heavy atom. The smallest absolute Gasteiger partial charge is 0.366 e. The van der Waals surface area contributed by atoms with Crippen LogP contribution in [-0.4, -0.2) is 67.7 Å². The Hall–Kier alpha value is -2.60. The van der Waals surface area contributed by atoms with E-state index >= 15 is 0 Å². The number of amides is 1. The summed E-state index contributed by atoms with van der Waals surface area (Å²) in [6.07, 6.45) is 0.568. The summed E-state index contributed by atoms with van der Waals surface area (Å²) < 4.78 is 16.9. The molecule has 3 rings (SSSR count). The standard InChI is InChI=1S/C19H28N2O6.C6H11NO2.C2H6/c1-12(2)10-15(20-5)19(17(22)23)26-11-18(3,4)16(27-19)13-8-6-7-9-14(13)21(24)25;1-7-6(8)5-2-3-9-4-5;1-2/h6-9,12,15-16,20H,10-11H2,1-5H3,(H,22,23);5H,2-4H2,1H3,(H,7,8);1-2H3/t15-,16?,19?;5-;/m01./s1. The predicted octanol–water partition coefficient (Wildman–Crippen LogP) is 3.92. The van der Waals surface area contributed by atoms with Crippen LogP contribution in [0.25, 0.3) is 0 Å². The van der Waals surface area contributed by atoms with E-state index < -0.39 is 34.2 Å². The number of ether oxygens (including phenoxy) is 3. The van der Waals surface area contributed by atoms with E-state index in [2.05, 4.69) is 10.6 Å². The molecule has 0 radical (unpaired) electrons. The Kier molecular flexibility index (Phi) is 13.3. The maximum absolute atomic E-state index is 12.2. The molecular formula is C27H45N3O8. The third-order valence-electron chi connectivity index (χ3n) is 6.44. The second kappa shape index (κ2) is 15.1. The van der Waals surface area contributed by atoms with Gasteiger partial charge in [-0.05, 0) is 31.9 Å². The highest BCUT2D eigenvalue weighted by Gasteiger charge is 2.57. The zero-order chi connectivity index (χ0) is 29.1. The van der Waals surface area contributed by atoms with Gasteiger partial charge in [0.25, 0.3) is 11.5 Å². The number of carbonyl (C=O) groups excluding carboxylic acids is 1. The molecule has 4 atom stereocenters. The average Bonchev–Trinajstić information content (AvgIpc) is 3.43. The van der Waals surface area contributed by atoms with Crippen molar-refractivity contribution in [2.75, 3.05) is 33.9 Å². The Balaban J connectivity index is 0.000000548. The highest BCUT2D eigenvalue weighted by Crippen LogP contribution is 2.48. The molecule has 11 heteroatoms. The molecule has 11 nitrogen and oxygen atoms in total. The predicted molar refractivity (Wildman–Crippen MR) is 144 cm³/mol. The number of likely N-dealkylation sites (N-methyl/N-ethyl adjacent to an activating group) is 1. The summed E-state index contributed by atoms with van der Waals surface area (Å²) in [5.74, 6) is -2.77. The molecule has 0 bridgehead atoms. The summed E-state index contributed by atoms with van der Waals surface area (Å²) in [4.78, 5) is 34.1. The lowest BCUT2D eigenvalue weighted by atomic mass is 9.80. The van der Waals surface area contributed by atoms with Crippen LogP contribution in [0.15, 0.2) is 24.3 Å². The lowest BCUT2D eigenvalue weighted by Crippen LogP contribution is -2.64. The first kappa shape index (κ1) is 33.4. The maximum Gasteiger partial charge on any atom is 0.366 e. The monoisotopic (exact) mass is 539 g/mol. The number of nitro groups is 1. The fourth-order valence-corrected chi connectivity index (χ4v) is 4.42. The first-order chi connectivity index (χ1) is 17.9. The lowest BCUT2D eigenvalue weighted by molar-refractivity contribution is -0.389. The lowest BCUT2D eigenvalue weighted by Gasteiger charge is -2.49. The van der Waals surface area contributed by atoms with Crippen LogP contribution < -0.4 is 10.6 Å². The van der Waals surface area contributed by atoms with Crippen molar-refractivity contribution in [3.63, 3.8) is 0 Å². The summed E-state index contributed by atoms with van der Waals surface area (Å²) in [6.45, 7) is 13.1. The molecule has 0 aromatic heterocycles. The van der Waals surface area contributed by atoms with Crippen molar-refractivity contribution in [3.05, 3.63) is 39.9 Å². The molecule has 3 N–H and O–H groups in total. The molecule has 0 aliphatic carbocycles.